The van der Waals surface area contributed by atoms with Crippen LogP contribution < -0.4 is 16.2 Å². The molecular formula is C20H21N7O5S3. The number of hydrogen-bond donors (Lipinski definition) is 2. The molecule has 15 heteroatoms. The Morgan fingerprint density at radius 3 is 2.89 bits per heavy atom. The fourth-order valence-corrected chi connectivity index (χ4v) is 7.48. The molecule has 0 bridgehead atoms. The number of carboxylic acids is 1. The summed E-state index contributed by atoms with van der Waals surface area (Å²) in [7, 11) is 3.34. The van der Waals surface area contributed by atoms with Crippen molar-refractivity contribution in [1.29, 1.82) is 0 Å². The molecule has 1 saturated heterocycles. The number of fused-ring (bicyclic) bond motifs is 2. The summed E-state index contributed by atoms with van der Waals surface area (Å²) in [5.41, 5.74) is 7.20. The first-order chi connectivity index (χ1) is 16.7. The van der Waals surface area contributed by atoms with Crippen LogP contribution in [0.3, 0.4) is 0 Å². The van der Waals surface area contributed by atoms with Crippen LogP contribution in [0.25, 0.3) is 0 Å². The second-order valence-corrected chi connectivity index (χ2v) is 11.5. The maximum Gasteiger partial charge on any atom is 0.278 e. The van der Waals surface area contributed by atoms with Gasteiger partial charge in [-0.25, -0.2) is 0 Å². The molecule has 1 fully saturated rings. The highest BCUT2D eigenvalue weighted by molar-refractivity contribution is 8.00. The number of nitrogens with two attached hydrogens (primary N) is 1. The number of likely N-dealkylation sites (N-methyl/N-ethyl adjacent to an activating group) is 1. The van der Waals surface area contributed by atoms with E-state index in [9.17, 15) is 19.5 Å². The number of hydrogen-bond acceptors (Lipinski definition) is 12. The van der Waals surface area contributed by atoms with Gasteiger partial charge in [-0.3, -0.25) is 14.5 Å². The van der Waals surface area contributed by atoms with E-state index in [4.69, 9.17) is 10.6 Å². The first kappa shape index (κ1) is 23.7. The van der Waals surface area contributed by atoms with Crippen molar-refractivity contribution in [1.82, 2.24) is 19.6 Å². The lowest BCUT2D eigenvalue weighted by Crippen LogP contribution is -2.71. The normalized spacial score (nSPS) is 25.7. The molecule has 0 saturated carbocycles. The number of β-lactam (4-membered cyclic amide) rings is 1. The van der Waals surface area contributed by atoms with Gasteiger partial charge in [0.15, 0.2) is 5.13 Å². The SMILES string of the molecule is CO/N=C(\C(=O)N[C@@H]1C(=O)N2C(C(=O)[O-])=C(C[N+]3(C)Cc4ccsc4C3)CS[C@@H]12)c1nsc(N)n1. The number of thioether (sulfide) groups is 1. The van der Waals surface area contributed by atoms with Crippen LogP contribution in [0, 0.1) is 0 Å². The van der Waals surface area contributed by atoms with Crippen LogP contribution in [0.2, 0.25) is 0 Å². The van der Waals surface area contributed by atoms with Crippen molar-refractivity contribution in [2.45, 2.75) is 24.5 Å². The number of quaternary nitrogens is 1. The van der Waals surface area contributed by atoms with Gasteiger partial charge in [0.25, 0.3) is 11.8 Å². The highest BCUT2D eigenvalue weighted by Crippen LogP contribution is 2.42. The maximum absolute atomic E-state index is 13.0. The van der Waals surface area contributed by atoms with Crippen molar-refractivity contribution < 1.29 is 28.8 Å². The number of thiophene rings is 1. The van der Waals surface area contributed by atoms with E-state index in [-0.39, 0.29) is 22.4 Å². The number of carboxylic acid groups (broad SMARTS) is 1. The predicted octanol–water partition coefficient (Wildman–Crippen LogP) is -0.903. The lowest BCUT2D eigenvalue weighted by molar-refractivity contribution is -0.924. The summed E-state index contributed by atoms with van der Waals surface area (Å²) >= 11 is 3.99. The van der Waals surface area contributed by atoms with Crippen LogP contribution in [-0.2, 0) is 32.3 Å². The molecule has 184 valence electrons. The van der Waals surface area contributed by atoms with E-state index in [1.165, 1.54) is 34.2 Å². The lowest BCUT2D eigenvalue weighted by Gasteiger charge is -2.51. The minimum Gasteiger partial charge on any atom is -0.543 e. The monoisotopic (exact) mass is 535 g/mol. The zero-order valence-electron chi connectivity index (χ0n) is 18.7. The highest BCUT2D eigenvalue weighted by atomic mass is 32.2. The molecule has 5 rings (SSSR count). The summed E-state index contributed by atoms with van der Waals surface area (Å²) in [5, 5.41) is 20.0. The van der Waals surface area contributed by atoms with E-state index in [1.807, 2.05) is 0 Å². The third-order valence-electron chi connectivity index (χ3n) is 6.07. The van der Waals surface area contributed by atoms with Gasteiger partial charge in [0.05, 0.1) is 23.6 Å². The van der Waals surface area contributed by atoms with Gasteiger partial charge < -0.3 is 30.3 Å². The topological polar surface area (TPSA) is 163 Å². The van der Waals surface area contributed by atoms with Gasteiger partial charge in [0.2, 0.25) is 11.5 Å². The van der Waals surface area contributed by atoms with E-state index < -0.39 is 29.2 Å². The third-order valence-corrected chi connectivity index (χ3v) is 8.90. The van der Waals surface area contributed by atoms with Crippen LogP contribution in [0.1, 0.15) is 16.3 Å². The predicted molar refractivity (Wildman–Crippen MR) is 128 cm³/mol. The number of carbonyl (C=O) groups is 3. The Labute approximate surface area is 212 Å². The van der Waals surface area contributed by atoms with Crippen molar-refractivity contribution in [3.05, 3.63) is 39.0 Å². The van der Waals surface area contributed by atoms with Crippen molar-refractivity contribution in [2.24, 2.45) is 5.16 Å². The van der Waals surface area contributed by atoms with Gasteiger partial charge in [-0.05, 0) is 11.4 Å². The van der Waals surface area contributed by atoms with Gasteiger partial charge in [-0.2, -0.15) is 9.36 Å². The number of aromatic nitrogens is 2. The van der Waals surface area contributed by atoms with E-state index >= 15 is 0 Å². The summed E-state index contributed by atoms with van der Waals surface area (Å²) in [6.45, 7) is 2.11. The van der Waals surface area contributed by atoms with Gasteiger partial charge in [0.1, 0.15) is 38.2 Å². The number of carbonyl (C=O) groups excluding carboxylic acids is 3. The number of nitrogens with zero attached hydrogens (tertiary/aromatic N) is 5. The third kappa shape index (κ3) is 4.17. The summed E-state index contributed by atoms with van der Waals surface area (Å²) in [6, 6.07) is 1.16. The Kier molecular flexibility index (Phi) is 6.03. The van der Waals surface area contributed by atoms with Gasteiger partial charge in [-0.15, -0.1) is 23.1 Å². The molecule has 12 nitrogen and oxygen atoms in total. The quantitative estimate of drug-likeness (QED) is 0.198. The molecule has 3 aliphatic rings. The minimum absolute atomic E-state index is 0.0273. The Bertz CT molecular complexity index is 1260. The minimum atomic E-state index is -1.40. The van der Waals surface area contributed by atoms with Crippen molar-refractivity contribution >= 4 is 63.3 Å². The second kappa shape index (κ2) is 8.89. The van der Waals surface area contributed by atoms with Gasteiger partial charge in [0, 0.05) is 28.4 Å². The number of aliphatic carboxylic acids is 1. The average Bonchev–Trinajstić information content (AvgIpc) is 3.50. The Morgan fingerprint density at radius 1 is 1.43 bits per heavy atom. The zero-order chi connectivity index (χ0) is 24.9. The molecule has 0 spiro atoms. The van der Waals surface area contributed by atoms with Crippen molar-refractivity contribution in [3.63, 3.8) is 0 Å². The zero-order valence-corrected chi connectivity index (χ0v) is 21.2. The van der Waals surface area contributed by atoms with E-state index in [0.29, 0.717) is 22.4 Å². The number of rotatable bonds is 7. The average molecular weight is 536 g/mol. The molecule has 0 aromatic carbocycles. The standard InChI is InChI=1S/C20H21N7O5S3/c1-27(5-9-3-4-33-11(9)7-27)6-10-8-34-18-13(17(29)26(18)14(10)19(30)31)22-16(28)12(24-32-2)15-23-20(21)35-25-15/h3-4,13,18H,5-8H2,1-2H3,(H3-,21,22,23,25,28,30,31)/b24-12-/t13-,18+,27?/m1/s1. The molecule has 3 atom stereocenters. The summed E-state index contributed by atoms with van der Waals surface area (Å²) in [5.74, 6) is -2.27. The number of nitrogens with one attached hydrogen (secondary N) is 1. The largest absolute Gasteiger partial charge is 0.543 e. The van der Waals surface area contributed by atoms with Gasteiger partial charge in [-0.1, -0.05) is 5.16 Å². The number of anilines is 1. The molecular weight excluding hydrogens is 514 g/mol. The van der Waals surface area contributed by atoms with Crippen LogP contribution >= 0.6 is 34.6 Å². The Morgan fingerprint density at radius 2 is 2.23 bits per heavy atom. The number of nitrogen functional groups attached to an aromatic ring is 1. The summed E-state index contributed by atoms with van der Waals surface area (Å²) in [4.78, 5) is 49.2. The van der Waals surface area contributed by atoms with Gasteiger partial charge >= 0.3 is 0 Å². The fourth-order valence-electron chi connectivity index (χ4n) is 4.64. The van der Waals surface area contributed by atoms with Crippen LogP contribution in [0.5, 0.6) is 0 Å². The smallest absolute Gasteiger partial charge is 0.278 e. The van der Waals surface area contributed by atoms with E-state index in [2.05, 4.69) is 38.3 Å². The molecule has 1 unspecified atom stereocenters. The van der Waals surface area contributed by atoms with Crippen LogP contribution in [0.4, 0.5) is 5.13 Å². The molecule has 3 N–H and O–H groups in total. The first-order valence-corrected chi connectivity index (χ1v) is 13.2. The molecule has 2 amide bonds. The second-order valence-electron chi connectivity index (χ2n) is 8.64. The molecule has 2 aromatic heterocycles. The summed E-state index contributed by atoms with van der Waals surface area (Å²) < 4.78 is 4.60. The number of amides is 2. The Balaban J connectivity index is 1.33. The maximum atomic E-state index is 13.0. The summed E-state index contributed by atoms with van der Waals surface area (Å²) in [6.07, 6.45) is 0. The van der Waals surface area contributed by atoms with Crippen molar-refractivity contribution in [3.8, 4) is 0 Å². The van der Waals surface area contributed by atoms with Crippen LogP contribution in [-0.4, -0.2) is 80.1 Å². The molecule has 35 heavy (non-hydrogen) atoms. The molecule has 0 radical (unpaired) electrons. The fraction of sp³-hybridized carbons (Fsp3) is 0.400. The Hall–Kier alpha value is -3.01. The van der Waals surface area contributed by atoms with Crippen LogP contribution in [0.15, 0.2) is 27.9 Å². The van der Waals surface area contributed by atoms with E-state index in [1.54, 1.807) is 11.3 Å². The molecule has 2 aromatic rings. The van der Waals surface area contributed by atoms with E-state index in [0.717, 1.165) is 24.6 Å². The van der Waals surface area contributed by atoms with Crippen molar-refractivity contribution in [2.75, 3.05) is 32.2 Å². The molecule has 3 aliphatic heterocycles. The lowest BCUT2D eigenvalue weighted by atomic mass is 10.0. The first-order valence-electron chi connectivity index (χ1n) is 10.5. The number of oxime groups is 1. The molecule has 0 aliphatic carbocycles. The molecule has 5 heterocycles. The highest BCUT2D eigenvalue weighted by Gasteiger charge is 2.54.